The highest BCUT2D eigenvalue weighted by molar-refractivity contribution is 7.89. The number of sulfone groups is 1. The van der Waals surface area contributed by atoms with Gasteiger partial charge in [0, 0.05) is 23.2 Å². The Morgan fingerprint density at radius 2 is 1.96 bits per heavy atom. The third-order valence-corrected chi connectivity index (χ3v) is 5.60. The molecule has 2 unspecified atom stereocenters. The van der Waals surface area contributed by atoms with Crippen molar-refractivity contribution in [3.8, 4) is 0 Å². The van der Waals surface area contributed by atoms with E-state index in [2.05, 4.69) is 5.32 Å². The minimum Gasteiger partial charge on any atom is -0.451 e. The van der Waals surface area contributed by atoms with Crippen LogP contribution < -0.4 is 5.32 Å². The summed E-state index contributed by atoms with van der Waals surface area (Å²) < 4.78 is 68.0. The molecule has 0 spiro atoms. The number of carbonyl (C=O) groups is 1. The number of carbonyl (C=O) groups excluding carboxylic acids is 1. The van der Waals surface area contributed by atoms with Crippen molar-refractivity contribution in [1.82, 2.24) is 5.32 Å². The van der Waals surface area contributed by atoms with E-state index in [9.17, 15) is 26.4 Å². The van der Waals surface area contributed by atoms with Gasteiger partial charge in [-0.15, -0.1) is 0 Å². The number of rotatable bonds is 4. The number of benzene rings is 1. The number of nitrogens with one attached hydrogen (secondary N) is 1. The van der Waals surface area contributed by atoms with Crippen molar-refractivity contribution in [2.75, 3.05) is 6.26 Å². The molecular weight excluding hydrogens is 383 g/mol. The molecule has 0 saturated heterocycles. The third-order valence-electron chi connectivity index (χ3n) is 4.78. The highest BCUT2D eigenvalue weighted by Crippen LogP contribution is 2.37. The quantitative estimate of drug-likeness (QED) is 0.842. The van der Waals surface area contributed by atoms with Gasteiger partial charge in [0.25, 0.3) is 5.91 Å². The molecule has 148 valence electrons. The Hall–Kier alpha value is -2.03. The maximum Gasteiger partial charge on any atom is 0.391 e. The highest BCUT2D eigenvalue weighted by Gasteiger charge is 2.42. The van der Waals surface area contributed by atoms with Crippen LogP contribution in [0.3, 0.4) is 0 Å². The second kappa shape index (κ2) is 7.18. The van der Waals surface area contributed by atoms with Crippen molar-refractivity contribution >= 4 is 26.7 Å². The van der Waals surface area contributed by atoms with Crippen LogP contribution in [-0.2, 0) is 15.6 Å². The van der Waals surface area contributed by atoms with Crippen LogP contribution in [0.25, 0.3) is 11.0 Å². The van der Waals surface area contributed by atoms with E-state index in [1.54, 1.807) is 24.3 Å². The average molecular weight is 403 g/mol. The Kier molecular flexibility index (Phi) is 5.24. The Morgan fingerprint density at radius 1 is 1.26 bits per heavy atom. The number of hydrogen-bond donors (Lipinski definition) is 1. The highest BCUT2D eigenvalue weighted by atomic mass is 32.2. The molecule has 2 atom stereocenters. The van der Waals surface area contributed by atoms with Crippen LogP contribution in [0, 0.1) is 5.92 Å². The van der Waals surface area contributed by atoms with E-state index in [1.807, 2.05) is 0 Å². The molecule has 1 saturated carbocycles. The van der Waals surface area contributed by atoms with E-state index in [-0.39, 0.29) is 29.9 Å². The zero-order valence-corrected chi connectivity index (χ0v) is 15.5. The van der Waals surface area contributed by atoms with Crippen LogP contribution in [0.1, 0.15) is 41.8 Å². The summed E-state index contributed by atoms with van der Waals surface area (Å²) in [6.07, 6.45) is -2.56. The number of amides is 1. The standard InChI is InChI=1S/C18H20F3NO4S/c1-27(24,25)10-14-13-7-2-3-8-15(13)26-16(14)17(23)22-12-6-4-5-11(9-12)18(19,20)21/h2-3,7-8,11-12H,4-6,9-10H2,1H3,(H,22,23). The fourth-order valence-electron chi connectivity index (χ4n) is 3.56. The number of halogens is 3. The molecule has 1 N–H and O–H groups in total. The first-order valence-corrected chi connectivity index (χ1v) is 10.7. The lowest BCUT2D eigenvalue weighted by Crippen LogP contribution is -2.41. The molecule has 3 rings (SSSR count). The van der Waals surface area contributed by atoms with E-state index < -0.39 is 33.9 Å². The summed E-state index contributed by atoms with van der Waals surface area (Å²) in [4.78, 5) is 12.7. The predicted molar refractivity (Wildman–Crippen MR) is 94.0 cm³/mol. The summed E-state index contributed by atoms with van der Waals surface area (Å²) in [6, 6.07) is 6.01. The molecule has 0 bridgehead atoms. The number of para-hydroxylation sites is 1. The van der Waals surface area contributed by atoms with Crippen molar-refractivity contribution in [3.05, 3.63) is 35.6 Å². The molecule has 5 nitrogen and oxygen atoms in total. The SMILES string of the molecule is CS(=O)(=O)Cc1c(C(=O)NC2CCCC(C(F)(F)F)C2)oc2ccccc12. The second-order valence-electron chi connectivity index (χ2n) is 7.05. The lowest BCUT2D eigenvalue weighted by Gasteiger charge is -2.30. The number of hydrogen-bond acceptors (Lipinski definition) is 4. The van der Waals surface area contributed by atoms with Gasteiger partial charge >= 0.3 is 6.18 Å². The number of furan rings is 1. The number of alkyl halides is 3. The van der Waals surface area contributed by atoms with E-state index in [1.165, 1.54) is 0 Å². The van der Waals surface area contributed by atoms with Crippen molar-refractivity contribution in [2.24, 2.45) is 5.92 Å². The second-order valence-corrected chi connectivity index (χ2v) is 9.19. The molecule has 1 aromatic carbocycles. The smallest absolute Gasteiger partial charge is 0.391 e. The third kappa shape index (κ3) is 4.63. The lowest BCUT2D eigenvalue weighted by molar-refractivity contribution is -0.183. The van der Waals surface area contributed by atoms with Gasteiger partial charge in [0.1, 0.15) is 5.58 Å². The molecular formula is C18H20F3NO4S. The van der Waals surface area contributed by atoms with Gasteiger partial charge in [-0.2, -0.15) is 13.2 Å². The summed E-state index contributed by atoms with van der Waals surface area (Å²) in [5.41, 5.74) is 0.590. The van der Waals surface area contributed by atoms with E-state index >= 15 is 0 Å². The molecule has 1 aromatic heterocycles. The Balaban J connectivity index is 1.86. The maximum atomic E-state index is 13.0. The van der Waals surface area contributed by atoms with Gasteiger partial charge in [0.15, 0.2) is 15.6 Å². The van der Waals surface area contributed by atoms with Crippen molar-refractivity contribution in [1.29, 1.82) is 0 Å². The minimum atomic E-state index is -4.29. The van der Waals surface area contributed by atoms with Crippen LogP contribution in [0.15, 0.2) is 28.7 Å². The zero-order valence-electron chi connectivity index (χ0n) is 14.7. The summed E-state index contributed by atoms with van der Waals surface area (Å²) in [7, 11) is -3.44. The number of fused-ring (bicyclic) bond motifs is 1. The molecule has 1 fully saturated rings. The molecule has 0 radical (unpaired) electrons. The fourth-order valence-corrected chi connectivity index (χ4v) is 4.37. The first-order valence-electron chi connectivity index (χ1n) is 8.60. The first-order chi connectivity index (χ1) is 12.5. The molecule has 1 heterocycles. The topological polar surface area (TPSA) is 76.4 Å². The molecule has 27 heavy (non-hydrogen) atoms. The minimum absolute atomic E-state index is 0.0554. The Morgan fingerprint density at radius 3 is 2.63 bits per heavy atom. The van der Waals surface area contributed by atoms with Crippen LogP contribution in [0.2, 0.25) is 0 Å². The summed E-state index contributed by atoms with van der Waals surface area (Å²) >= 11 is 0. The summed E-state index contributed by atoms with van der Waals surface area (Å²) in [5.74, 6) is -2.67. The van der Waals surface area contributed by atoms with Crippen molar-refractivity contribution in [2.45, 2.75) is 43.7 Å². The van der Waals surface area contributed by atoms with Crippen LogP contribution in [0.5, 0.6) is 0 Å². The molecule has 1 amide bonds. The van der Waals surface area contributed by atoms with E-state index in [0.717, 1.165) is 6.26 Å². The first kappa shape index (κ1) is 19.7. The van der Waals surface area contributed by atoms with Gasteiger partial charge in [0.05, 0.1) is 11.7 Å². The van der Waals surface area contributed by atoms with E-state index in [4.69, 9.17) is 4.42 Å². The fraction of sp³-hybridized carbons (Fsp3) is 0.500. The summed E-state index contributed by atoms with van der Waals surface area (Å²) in [6.45, 7) is 0. The monoisotopic (exact) mass is 403 g/mol. The van der Waals surface area contributed by atoms with Gasteiger partial charge in [0.2, 0.25) is 0 Å². The van der Waals surface area contributed by atoms with Gasteiger partial charge in [-0.05, 0) is 25.3 Å². The van der Waals surface area contributed by atoms with Gasteiger partial charge < -0.3 is 9.73 Å². The van der Waals surface area contributed by atoms with Gasteiger partial charge in [-0.3, -0.25) is 4.79 Å². The molecule has 1 aliphatic carbocycles. The largest absolute Gasteiger partial charge is 0.451 e. The zero-order chi connectivity index (χ0) is 19.8. The summed E-state index contributed by atoms with van der Waals surface area (Å²) in [5, 5.41) is 3.10. The van der Waals surface area contributed by atoms with Crippen molar-refractivity contribution in [3.63, 3.8) is 0 Å². The molecule has 2 aromatic rings. The van der Waals surface area contributed by atoms with Gasteiger partial charge in [-0.25, -0.2) is 8.42 Å². The maximum absolute atomic E-state index is 13.0. The van der Waals surface area contributed by atoms with Crippen LogP contribution in [0.4, 0.5) is 13.2 Å². The Bertz CT molecular complexity index is 949. The van der Waals surface area contributed by atoms with E-state index in [0.29, 0.717) is 23.8 Å². The Labute approximate surface area is 154 Å². The van der Waals surface area contributed by atoms with Crippen LogP contribution >= 0.6 is 0 Å². The lowest BCUT2D eigenvalue weighted by atomic mass is 9.85. The normalized spacial score (nSPS) is 21.3. The van der Waals surface area contributed by atoms with Crippen molar-refractivity contribution < 1.29 is 30.8 Å². The molecule has 9 heteroatoms. The average Bonchev–Trinajstić information content (AvgIpc) is 2.91. The predicted octanol–water partition coefficient (Wildman–Crippen LogP) is 3.83. The van der Waals surface area contributed by atoms with Gasteiger partial charge in [-0.1, -0.05) is 24.6 Å². The molecule has 0 aliphatic heterocycles. The van der Waals surface area contributed by atoms with Crippen LogP contribution in [-0.4, -0.2) is 32.8 Å². The molecule has 1 aliphatic rings.